The van der Waals surface area contributed by atoms with Crippen LogP contribution in [0.15, 0.2) is 60.8 Å². The van der Waals surface area contributed by atoms with Gasteiger partial charge in [0.2, 0.25) is 0 Å². The van der Waals surface area contributed by atoms with Crippen LogP contribution in [0.3, 0.4) is 0 Å². The number of nitrogens with zero attached hydrogens (tertiary/aromatic N) is 5. The average molecular weight is 912 g/mol. The molecule has 7 heteroatoms. The second-order valence-electron chi connectivity index (χ2n) is 23.8. The van der Waals surface area contributed by atoms with Crippen LogP contribution in [-0.4, -0.2) is 98.6 Å². The number of hydrogen-bond acceptors (Lipinski definition) is 7. The van der Waals surface area contributed by atoms with Gasteiger partial charge in [-0.15, -0.1) is 0 Å². The van der Waals surface area contributed by atoms with Crippen LogP contribution in [0.25, 0.3) is 0 Å². The van der Waals surface area contributed by atoms with Crippen LogP contribution in [0.5, 0.6) is 0 Å². The van der Waals surface area contributed by atoms with E-state index in [2.05, 4.69) is 224 Å². The van der Waals surface area contributed by atoms with Crippen molar-refractivity contribution in [3.8, 4) is 0 Å². The second kappa shape index (κ2) is 24.7. The molecular weight excluding hydrogens is 811 g/mol. The Hall–Kier alpha value is -2.71. The van der Waals surface area contributed by atoms with Crippen LogP contribution >= 0.6 is 0 Å². The van der Waals surface area contributed by atoms with Gasteiger partial charge in [-0.2, -0.15) is 0 Å². The Morgan fingerprint density at radius 1 is 0.530 bits per heavy atom. The van der Waals surface area contributed by atoms with Crippen LogP contribution in [0.4, 0.5) is 5.69 Å². The van der Waals surface area contributed by atoms with Gasteiger partial charge in [-0.3, -0.25) is 19.5 Å². The molecule has 2 aromatic rings. The highest BCUT2D eigenvalue weighted by atomic mass is 16.5. The number of ether oxygens (including phenoxy) is 1. The van der Waals surface area contributed by atoms with E-state index in [1.807, 2.05) is 0 Å². The van der Waals surface area contributed by atoms with Crippen molar-refractivity contribution in [2.45, 2.75) is 243 Å². The molecule has 8 rings (SSSR count). The topological polar surface area (TPSA) is 42.5 Å². The molecule has 0 radical (unpaired) electrons. The van der Waals surface area contributed by atoms with Crippen molar-refractivity contribution in [3.63, 3.8) is 0 Å². The van der Waals surface area contributed by atoms with Crippen molar-refractivity contribution in [1.82, 2.24) is 19.6 Å². The predicted octanol–water partition coefficient (Wildman–Crippen LogP) is 13.7. The van der Waals surface area contributed by atoms with E-state index in [1.165, 1.54) is 42.5 Å². The summed E-state index contributed by atoms with van der Waals surface area (Å²) in [5.74, 6) is 3.80. The third kappa shape index (κ3) is 14.4. The number of likely N-dealkylation sites (tertiary alicyclic amines) is 1. The zero-order valence-electron chi connectivity index (χ0n) is 46.1. The third-order valence-corrected chi connectivity index (χ3v) is 15.0. The first kappa shape index (κ1) is 55.9. The number of benzene rings is 2. The molecule has 2 saturated heterocycles. The van der Waals surface area contributed by atoms with Crippen molar-refractivity contribution < 1.29 is 9.53 Å². The summed E-state index contributed by atoms with van der Waals surface area (Å²) >= 11 is 0. The number of carbonyl (C=O) groups is 1. The summed E-state index contributed by atoms with van der Waals surface area (Å²) < 4.78 is 6.12. The number of para-hydroxylation sites is 1. The van der Waals surface area contributed by atoms with E-state index in [1.54, 1.807) is 5.56 Å². The van der Waals surface area contributed by atoms with E-state index in [4.69, 9.17) is 4.74 Å². The molecule has 0 bridgehead atoms. The molecule has 66 heavy (non-hydrogen) atoms. The van der Waals surface area contributed by atoms with Crippen LogP contribution in [0.2, 0.25) is 0 Å². The Kier molecular flexibility index (Phi) is 20.9. The quantitative estimate of drug-likeness (QED) is 0.235. The summed E-state index contributed by atoms with van der Waals surface area (Å²) in [6.45, 7) is 48.3. The van der Waals surface area contributed by atoms with Crippen molar-refractivity contribution in [1.29, 1.82) is 0 Å². The van der Waals surface area contributed by atoms with Gasteiger partial charge < -0.3 is 14.5 Å². The molecule has 7 nitrogen and oxygen atoms in total. The van der Waals surface area contributed by atoms with Gasteiger partial charge in [-0.05, 0) is 153 Å². The fourth-order valence-electron chi connectivity index (χ4n) is 11.2. The first-order chi connectivity index (χ1) is 30.9. The van der Waals surface area contributed by atoms with E-state index in [0.717, 1.165) is 37.4 Å². The SMILES string of the molecule is CC(C)[C@@H]1CC(=O)CN1C(C)C.CC(C)[C@@H]1CC=CN1C(C)C.CC(C)[C@@H]1Cc2ccccc2N1C(C)C.CC(C)[C@@H]1OC2(CC2)CN1C(C)C.CC(C)[C@@H]1c2ccccc2CN1C(C)C. The van der Waals surface area contributed by atoms with Gasteiger partial charge in [0.25, 0.3) is 0 Å². The second-order valence-corrected chi connectivity index (χ2v) is 23.8. The van der Waals surface area contributed by atoms with Gasteiger partial charge in [-0.25, -0.2) is 0 Å². The summed E-state index contributed by atoms with van der Waals surface area (Å²) in [7, 11) is 0. The molecule has 1 spiro atoms. The highest BCUT2D eigenvalue weighted by Crippen LogP contribution is 2.48. The summed E-state index contributed by atoms with van der Waals surface area (Å²) in [5.41, 5.74) is 6.31. The lowest BCUT2D eigenvalue weighted by atomic mass is 9.95. The molecule has 0 N–H and O–H groups in total. The molecule has 5 heterocycles. The molecule has 1 aliphatic carbocycles. The first-order valence-corrected chi connectivity index (χ1v) is 26.8. The molecule has 2 aromatic carbocycles. The zero-order valence-corrected chi connectivity index (χ0v) is 46.1. The van der Waals surface area contributed by atoms with Crippen LogP contribution in [-0.2, 0) is 22.5 Å². The Bertz CT molecular complexity index is 1680. The minimum Gasteiger partial charge on any atom is -0.372 e. The van der Waals surface area contributed by atoms with Gasteiger partial charge in [0, 0.05) is 79.6 Å². The highest BCUT2D eigenvalue weighted by molar-refractivity contribution is 5.83. The standard InChI is InChI=1S/2C14H21N.C11H21NO.C10H19NO.C10H19N/c1-10(2)14-13-8-6-5-7-12(13)9-15(14)11(3)4;1-10(2)14-9-12-7-5-6-8-13(12)15(14)11(3)4;1-8(2)10-12(9(3)4)7-11(13-10)5-6-11;1-7(2)10-5-9(12)6-11(10)8(3)4;1-8(2)10-6-5-7-11(10)9(3)4/h2*5-8,10-11,14H,9H2,1-4H3;8-10H,5-7H2,1-4H3;7-8,10H,5-6H2,1-4H3;5,7-10H,6H2,1-4H3/t2*14-;3*10-/m10000/s1. The Morgan fingerprint density at radius 2 is 1.08 bits per heavy atom. The highest BCUT2D eigenvalue weighted by Gasteiger charge is 2.54. The lowest BCUT2D eigenvalue weighted by Gasteiger charge is -2.34. The van der Waals surface area contributed by atoms with Crippen molar-refractivity contribution in [2.24, 2.45) is 29.6 Å². The molecular formula is C59H101N5O2. The molecule has 3 fully saturated rings. The van der Waals surface area contributed by atoms with Gasteiger partial charge >= 0.3 is 0 Å². The fourth-order valence-corrected chi connectivity index (χ4v) is 11.2. The number of anilines is 1. The van der Waals surface area contributed by atoms with Crippen LogP contribution in [0, 0.1) is 29.6 Å². The number of carbonyl (C=O) groups excluding carboxylic acids is 1. The maximum atomic E-state index is 11.2. The van der Waals surface area contributed by atoms with E-state index >= 15 is 0 Å². The minimum absolute atomic E-state index is 0.277. The van der Waals surface area contributed by atoms with E-state index in [-0.39, 0.29) is 5.60 Å². The fraction of sp³-hybridized carbons (Fsp3) is 0.746. The molecule has 5 aliphatic heterocycles. The van der Waals surface area contributed by atoms with Crippen molar-refractivity contribution >= 4 is 11.5 Å². The molecule has 0 amide bonds. The minimum atomic E-state index is 0.277. The van der Waals surface area contributed by atoms with E-state index < -0.39 is 0 Å². The van der Waals surface area contributed by atoms with Crippen LogP contribution < -0.4 is 4.90 Å². The molecule has 0 aromatic heterocycles. The number of rotatable bonds is 10. The van der Waals surface area contributed by atoms with Gasteiger partial charge in [0.05, 0.1) is 12.1 Å². The van der Waals surface area contributed by atoms with Gasteiger partial charge in [0.1, 0.15) is 12.0 Å². The molecule has 5 atom stereocenters. The Morgan fingerprint density at radius 3 is 1.52 bits per heavy atom. The number of hydrogen-bond donors (Lipinski definition) is 0. The lowest BCUT2D eigenvalue weighted by molar-refractivity contribution is -0.117. The summed E-state index contributed by atoms with van der Waals surface area (Å²) in [4.78, 5) is 23.7. The first-order valence-electron chi connectivity index (χ1n) is 26.8. The number of Topliss-reactive ketones (excluding diaryl/α,β-unsaturated/α-hetero) is 1. The average Bonchev–Trinajstić information content (AvgIpc) is 3.82. The largest absolute Gasteiger partial charge is 0.372 e. The van der Waals surface area contributed by atoms with Crippen molar-refractivity contribution in [3.05, 3.63) is 77.5 Å². The van der Waals surface area contributed by atoms with E-state index in [9.17, 15) is 4.79 Å². The Balaban J connectivity index is 0.000000181. The maximum absolute atomic E-state index is 11.2. The summed E-state index contributed by atoms with van der Waals surface area (Å²) in [6.07, 6.45) is 10.7. The maximum Gasteiger partial charge on any atom is 0.148 e. The normalized spacial score (nSPS) is 24.6. The van der Waals surface area contributed by atoms with E-state index in [0.29, 0.717) is 84.6 Å². The van der Waals surface area contributed by atoms with Gasteiger partial charge in [-0.1, -0.05) is 118 Å². The smallest absolute Gasteiger partial charge is 0.148 e. The third-order valence-electron chi connectivity index (χ3n) is 15.0. The van der Waals surface area contributed by atoms with Crippen LogP contribution in [0.1, 0.15) is 187 Å². The number of fused-ring (bicyclic) bond motifs is 2. The molecule has 374 valence electrons. The Labute approximate surface area is 407 Å². The monoisotopic (exact) mass is 912 g/mol. The number of ketones is 1. The molecule has 1 saturated carbocycles. The predicted molar refractivity (Wildman–Crippen MR) is 284 cm³/mol. The molecule has 0 unspecified atom stereocenters. The van der Waals surface area contributed by atoms with Crippen molar-refractivity contribution in [2.75, 3.05) is 18.0 Å². The van der Waals surface area contributed by atoms with Gasteiger partial charge in [0.15, 0.2) is 0 Å². The molecule has 6 aliphatic rings. The summed E-state index contributed by atoms with van der Waals surface area (Å²) in [6, 6.07) is 23.2. The zero-order chi connectivity index (χ0) is 49.4. The summed E-state index contributed by atoms with van der Waals surface area (Å²) in [5, 5.41) is 0. The lowest BCUT2D eigenvalue weighted by Crippen LogP contribution is -2.40.